The number of alkyl halides is 3. The SMILES string of the molecule is CCCCCCC(=O)OC(Cl)(Cl)Cl. The van der Waals surface area contributed by atoms with Gasteiger partial charge in [0.05, 0.1) is 0 Å². The molecule has 0 aromatic carbocycles. The first kappa shape index (κ1) is 13.3. The summed E-state index contributed by atoms with van der Waals surface area (Å²) in [5.74, 6) is -0.462. The Morgan fingerprint density at radius 1 is 1.23 bits per heavy atom. The maximum absolute atomic E-state index is 10.9. The molecule has 0 bridgehead atoms. The first-order valence-electron chi connectivity index (χ1n) is 4.24. The molecule has 0 aliphatic heterocycles. The zero-order chi connectivity index (χ0) is 10.3. The third-order valence-electron chi connectivity index (χ3n) is 1.46. The van der Waals surface area contributed by atoms with Crippen LogP contribution in [0.15, 0.2) is 0 Å². The van der Waals surface area contributed by atoms with Crippen LogP contribution in [-0.2, 0) is 9.53 Å². The van der Waals surface area contributed by atoms with Crippen molar-refractivity contribution in [3.05, 3.63) is 0 Å². The number of esters is 1. The van der Waals surface area contributed by atoms with E-state index < -0.39 is 9.95 Å². The zero-order valence-electron chi connectivity index (χ0n) is 7.49. The second-order valence-corrected chi connectivity index (χ2v) is 4.91. The normalized spacial score (nSPS) is 11.4. The molecule has 0 spiro atoms. The van der Waals surface area contributed by atoms with Gasteiger partial charge < -0.3 is 4.74 Å². The van der Waals surface area contributed by atoms with Crippen molar-refractivity contribution in [2.75, 3.05) is 0 Å². The molecule has 0 atom stereocenters. The average molecular weight is 248 g/mol. The standard InChI is InChI=1S/C8H13Cl3O2/c1-2-3-4-5-6-7(12)13-8(9,10)11/h2-6H2,1H3. The van der Waals surface area contributed by atoms with E-state index in [-0.39, 0.29) is 0 Å². The summed E-state index contributed by atoms with van der Waals surface area (Å²) in [6.07, 6.45) is 4.34. The summed E-state index contributed by atoms with van der Waals surface area (Å²) < 4.78 is 2.56. The predicted octanol–water partition coefficient (Wildman–Crippen LogP) is 3.83. The van der Waals surface area contributed by atoms with Crippen molar-refractivity contribution in [2.45, 2.75) is 43.0 Å². The molecule has 0 amide bonds. The van der Waals surface area contributed by atoms with E-state index >= 15 is 0 Å². The van der Waals surface area contributed by atoms with Gasteiger partial charge in [-0.15, -0.1) is 0 Å². The van der Waals surface area contributed by atoms with E-state index in [0.717, 1.165) is 25.7 Å². The van der Waals surface area contributed by atoms with Crippen LogP contribution in [0.2, 0.25) is 0 Å². The second kappa shape index (κ2) is 6.74. The first-order valence-corrected chi connectivity index (χ1v) is 5.37. The number of hydrogen-bond acceptors (Lipinski definition) is 2. The summed E-state index contributed by atoms with van der Waals surface area (Å²) in [5.41, 5.74) is 0. The molecule has 5 heteroatoms. The van der Waals surface area contributed by atoms with Crippen LogP contribution < -0.4 is 0 Å². The summed E-state index contributed by atoms with van der Waals surface area (Å²) >= 11 is 15.8. The molecule has 0 unspecified atom stereocenters. The Balaban J connectivity index is 3.41. The van der Waals surface area contributed by atoms with Crippen molar-refractivity contribution in [1.29, 1.82) is 0 Å². The van der Waals surface area contributed by atoms with Gasteiger partial charge in [0.1, 0.15) is 0 Å². The molecule has 2 nitrogen and oxygen atoms in total. The minimum Gasteiger partial charge on any atom is -0.415 e. The third-order valence-corrected chi connectivity index (χ3v) is 1.70. The molecule has 0 heterocycles. The maximum Gasteiger partial charge on any atom is 0.340 e. The molecule has 0 aromatic rings. The fraction of sp³-hybridized carbons (Fsp3) is 0.875. The van der Waals surface area contributed by atoms with Crippen LogP contribution in [0.25, 0.3) is 0 Å². The van der Waals surface area contributed by atoms with Gasteiger partial charge in [-0.3, -0.25) is 4.79 Å². The molecule has 0 aromatic heterocycles. The fourth-order valence-corrected chi connectivity index (χ4v) is 1.13. The van der Waals surface area contributed by atoms with Gasteiger partial charge in [-0.05, 0) is 41.2 Å². The molecular formula is C8H13Cl3O2. The Hall–Kier alpha value is 0.340. The van der Waals surface area contributed by atoms with E-state index in [4.69, 9.17) is 34.8 Å². The largest absolute Gasteiger partial charge is 0.415 e. The number of halogens is 3. The van der Waals surface area contributed by atoms with E-state index in [2.05, 4.69) is 11.7 Å². The molecule has 13 heavy (non-hydrogen) atoms. The van der Waals surface area contributed by atoms with Crippen LogP contribution in [0.4, 0.5) is 0 Å². The maximum atomic E-state index is 10.9. The van der Waals surface area contributed by atoms with Gasteiger partial charge in [0.25, 0.3) is 0 Å². The number of hydrogen-bond donors (Lipinski definition) is 0. The van der Waals surface area contributed by atoms with Crippen molar-refractivity contribution in [3.8, 4) is 0 Å². The highest BCUT2D eigenvalue weighted by Gasteiger charge is 2.24. The number of rotatable bonds is 5. The van der Waals surface area contributed by atoms with Crippen LogP contribution in [0.5, 0.6) is 0 Å². The van der Waals surface area contributed by atoms with Gasteiger partial charge in [0.2, 0.25) is 0 Å². The molecule has 0 fully saturated rings. The Kier molecular flexibility index (Phi) is 6.92. The topological polar surface area (TPSA) is 26.3 Å². The van der Waals surface area contributed by atoms with Gasteiger partial charge in [0, 0.05) is 6.42 Å². The third kappa shape index (κ3) is 10.3. The van der Waals surface area contributed by atoms with Crippen molar-refractivity contribution in [1.82, 2.24) is 0 Å². The average Bonchev–Trinajstić information content (AvgIpc) is 1.94. The molecule has 0 aliphatic rings. The second-order valence-electron chi connectivity index (χ2n) is 2.73. The van der Waals surface area contributed by atoms with Crippen molar-refractivity contribution in [2.24, 2.45) is 0 Å². The Morgan fingerprint density at radius 2 is 1.85 bits per heavy atom. The monoisotopic (exact) mass is 246 g/mol. The quantitative estimate of drug-likeness (QED) is 0.419. The molecule has 0 aliphatic carbocycles. The highest BCUT2D eigenvalue weighted by atomic mass is 35.6. The minimum absolute atomic E-state index is 0.313. The Bertz CT molecular complexity index is 154. The number of carbonyl (C=O) groups is 1. The molecule has 0 saturated heterocycles. The van der Waals surface area contributed by atoms with E-state index in [9.17, 15) is 4.79 Å². The van der Waals surface area contributed by atoms with E-state index in [1.807, 2.05) is 0 Å². The predicted molar refractivity (Wildman–Crippen MR) is 55.1 cm³/mol. The molecule has 78 valence electrons. The molecule has 0 radical (unpaired) electrons. The van der Waals surface area contributed by atoms with Crippen LogP contribution in [0.1, 0.15) is 39.0 Å². The molecular weight excluding hydrogens is 234 g/mol. The van der Waals surface area contributed by atoms with Gasteiger partial charge in [0.15, 0.2) is 0 Å². The lowest BCUT2D eigenvalue weighted by molar-refractivity contribution is -0.144. The number of ether oxygens (including phenoxy) is 1. The van der Waals surface area contributed by atoms with Crippen molar-refractivity contribution >= 4 is 40.8 Å². The van der Waals surface area contributed by atoms with Gasteiger partial charge in [-0.1, -0.05) is 26.2 Å². The summed E-state index contributed by atoms with van der Waals surface area (Å²) in [6.45, 7) is 2.10. The minimum atomic E-state index is -1.91. The zero-order valence-corrected chi connectivity index (χ0v) is 9.75. The van der Waals surface area contributed by atoms with Crippen LogP contribution in [0.3, 0.4) is 0 Å². The summed E-state index contributed by atoms with van der Waals surface area (Å²) in [5, 5.41) is 0. The highest BCUT2D eigenvalue weighted by molar-refractivity contribution is 6.66. The van der Waals surface area contributed by atoms with Crippen LogP contribution in [-0.4, -0.2) is 9.95 Å². The molecule has 0 saturated carbocycles. The van der Waals surface area contributed by atoms with Gasteiger partial charge in [-0.25, -0.2) is 0 Å². The highest BCUT2D eigenvalue weighted by Crippen LogP contribution is 2.28. The summed E-state index contributed by atoms with van der Waals surface area (Å²) in [4.78, 5) is 10.9. The summed E-state index contributed by atoms with van der Waals surface area (Å²) in [6, 6.07) is 0. The van der Waals surface area contributed by atoms with Crippen LogP contribution in [0, 0.1) is 0 Å². The van der Waals surface area contributed by atoms with Crippen molar-refractivity contribution in [3.63, 3.8) is 0 Å². The van der Waals surface area contributed by atoms with Crippen molar-refractivity contribution < 1.29 is 9.53 Å². The van der Waals surface area contributed by atoms with Gasteiger partial charge in [-0.2, -0.15) is 0 Å². The lowest BCUT2D eigenvalue weighted by Crippen LogP contribution is -2.15. The first-order chi connectivity index (χ1) is 5.95. The van der Waals surface area contributed by atoms with E-state index in [0.29, 0.717) is 6.42 Å². The summed E-state index contributed by atoms with van der Waals surface area (Å²) in [7, 11) is 0. The lowest BCUT2D eigenvalue weighted by atomic mass is 10.2. The lowest BCUT2D eigenvalue weighted by Gasteiger charge is -2.11. The Labute approximate surface area is 93.5 Å². The van der Waals surface area contributed by atoms with Gasteiger partial charge >= 0.3 is 9.95 Å². The Morgan fingerprint density at radius 3 is 2.31 bits per heavy atom. The number of unbranched alkanes of at least 4 members (excludes halogenated alkanes) is 3. The van der Waals surface area contributed by atoms with E-state index in [1.54, 1.807) is 0 Å². The number of carbonyl (C=O) groups excluding carboxylic acids is 1. The van der Waals surface area contributed by atoms with E-state index in [1.165, 1.54) is 0 Å². The molecule has 0 N–H and O–H groups in total. The smallest absolute Gasteiger partial charge is 0.340 e. The van der Waals surface area contributed by atoms with Crippen LogP contribution >= 0.6 is 34.8 Å². The molecule has 0 rings (SSSR count). The fourth-order valence-electron chi connectivity index (χ4n) is 0.876.